The van der Waals surface area contributed by atoms with Gasteiger partial charge in [-0.2, -0.15) is 0 Å². The zero-order valence-electron chi connectivity index (χ0n) is 9.84. The number of hydrogen-bond donors (Lipinski definition) is 1. The SMILES string of the molecule is CCC(C)(C)N(C)c1cc(Br)ccc1N. The fourth-order valence-corrected chi connectivity index (χ4v) is 1.72. The Morgan fingerprint density at radius 2 is 2.00 bits per heavy atom. The van der Waals surface area contributed by atoms with Crippen molar-refractivity contribution >= 4 is 27.3 Å². The smallest absolute Gasteiger partial charge is 0.0613 e. The predicted molar refractivity (Wildman–Crippen MR) is 71.3 cm³/mol. The first kappa shape index (κ1) is 12.4. The fourth-order valence-electron chi connectivity index (χ4n) is 1.37. The first-order chi connectivity index (χ1) is 6.88. The van der Waals surface area contributed by atoms with Gasteiger partial charge in [0.15, 0.2) is 0 Å². The van der Waals surface area contributed by atoms with Gasteiger partial charge in [-0.3, -0.25) is 0 Å². The lowest BCUT2D eigenvalue weighted by Crippen LogP contribution is -2.40. The van der Waals surface area contributed by atoms with Crippen molar-refractivity contribution in [2.24, 2.45) is 0 Å². The topological polar surface area (TPSA) is 29.3 Å². The van der Waals surface area contributed by atoms with Crippen LogP contribution in [-0.4, -0.2) is 12.6 Å². The van der Waals surface area contributed by atoms with Gasteiger partial charge in [0, 0.05) is 17.1 Å². The molecule has 1 aromatic carbocycles. The summed E-state index contributed by atoms with van der Waals surface area (Å²) in [5.41, 5.74) is 8.00. The van der Waals surface area contributed by atoms with Crippen LogP contribution in [0.1, 0.15) is 27.2 Å². The van der Waals surface area contributed by atoms with Gasteiger partial charge in [-0.25, -0.2) is 0 Å². The normalized spacial score (nSPS) is 11.5. The quantitative estimate of drug-likeness (QED) is 0.850. The second-order valence-corrected chi connectivity index (χ2v) is 5.34. The third-order valence-corrected chi connectivity index (χ3v) is 3.62. The Balaban J connectivity index is 3.10. The van der Waals surface area contributed by atoms with Gasteiger partial charge >= 0.3 is 0 Å². The molecule has 2 nitrogen and oxygen atoms in total. The molecule has 3 heteroatoms. The Morgan fingerprint density at radius 3 is 2.53 bits per heavy atom. The van der Waals surface area contributed by atoms with Crippen molar-refractivity contribution in [1.82, 2.24) is 0 Å². The maximum atomic E-state index is 5.98. The van der Waals surface area contributed by atoms with E-state index in [9.17, 15) is 0 Å². The summed E-state index contributed by atoms with van der Waals surface area (Å²) in [4.78, 5) is 2.23. The third kappa shape index (κ3) is 2.65. The highest BCUT2D eigenvalue weighted by Crippen LogP contribution is 2.31. The molecule has 0 spiro atoms. The summed E-state index contributed by atoms with van der Waals surface area (Å²) in [6.45, 7) is 6.62. The van der Waals surface area contributed by atoms with Gasteiger partial charge in [-0.15, -0.1) is 0 Å². The van der Waals surface area contributed by atoms with Crippen LogP contribution in [0.25, 0.3) is 0 Å². The molecule has 15 heavy (non-hydrogen) atoms. The Kier molecular flexibility index (Phi) is 3.66. The minimum absolute atomic E-state index is 0.120. The molecular weight excluding hydrogens is 252 g/mol. The Morgan fingerprint density at radius 1 is 1.40 bits per heavy atom. The lowest BCUT2D eigenvalue weighted by Gasteiger charge is -2.37. The van der Waals surface area contributed by atoms with Gasteiger partial charge in [0.25, 0.3) is 0 Å². The van der Waals surface area contributed by atoms with Crippen molar-refractivity contribution in [3.8, 4) is 0 Å². The summed E-state index contributed by atoms with van der Waals surface area (Å²) in [7, 11) is 2.08. The molecule has 0 heterocycles. The Bertz CT molecular complexity index is 347. The lowest BCUT2D eigenvalue weighted by atomic mass is 9.99. The first-order valence-corrected chi connectivity index (χ1v) is 5.96. The number of hydrogen-bond acceptors (Lipinski definition) is 2. The maximum Gasteiger partial charge on any atom is 0.0613 e. The van der Waals surface area contributed by atoms with Crippen LogP contribution in [0.3, 0.4) is 0 Å². The van der Waals surface area contributed by atoms with Gasteiger partial charge < -0.3 is 10.6 Å². The maximum absolute atomic E-state index is 5.98. The zero-order chi connectivity index (χ0) is 11.6. The van der Waals surface area contributed by atoms with E-state index >= 15 is 0 Å². The number of halogens is 1. The molecule has 0 aliphatic carbocycles. The van der Waals surface area contributed by atoms with Gasteiger partial charge in [-0.05, 0) is 38.5 Å². The molecule has 0 aliphatic heterocycles. The molecule has 1 rings (SSSR count). The highest BCUT2D eigenvalue weighted by molar-refractivity contribution is 9.10. The van der Waals surface area contributed by atoms with Gasteiger partial charge in [-0.1, -0.05) is 22.9 Å². The molecule has 0 aromatic heterocycles. The minimum Gasteiger partial charge on any atom is -0.397 e. The van der Waals surface area contributed by atoms with E-state index in [1.807, 2.05) is 12.1 Å². The molecule has 0 saturated heterocycles. The largest absolute Gasteiger partial charge is 0.397 e. The van der Waals surface area contributed by atoms with E-state index < -0.39 is 0 Å². The summed E-state index contributed by atoms with van der Waals surface area (Å²) in [5, 5.41) is 0. The van der Waals surface area contributed by atoms with E-state index in [1.54, 1.807) is 0 Å². The molecule has 84 valence electrons. The number of anilines is 2. The van der Waals surface area contributed by atoms with Crippen LogP contribution < -0.4 is 10.6 Å². The molecule has 0 aliphatic rings. The van der Waals surface area contributed by atoms with Crippen molar-refractivity contribution in [2.75, 3.05) is 17.7 Å². The van der Waals surface area contributed by atoms with Crippen LogP contribution in [0.5, 0.6) is 0 Å². The van der Waals surface area contributed by atoms with E-state index in [0.29, 0.717) is 0 Å². The predicted octanol–water partition coefficient (Wildman–Crippen LogP) is 3.66. The molecule has 0 saturated carbocycles. The second-order valence-electron chi connectivity index (χ2n) is 4.43. The molecule has 2 N–H and O–H groups in total. The van der Waals surface area contributed by atoms with Crippen LogP contribution in [-0.2, 0) is 0 Å². The molecule has 0 bridgehead atoms. The summed E-state index contributed by atoms with van der Waals surface area (Å²) in [6.07, 6.45) is 1.08. The minimum atomic E-state index is 0.120. The third-order valence-electron chi connectivity index (χ3n) is 3.13. The molecule has 0 unspecified atom stereocenters. The van der Waals surface area contributed by atoms with Crippen LogP contribution in [0.4, 0.5) is 11.4 Å². The standard InChI is InChI=1S/C12H19BrN2/c1-5-12(2,3)15(4)11-8-9(13)6-7-10(11)14/h6-8H,5,14H2,1-4H3. The number of nitrogens with two attached hydrogens (primary N) is 1. The second kappa shape index (κ2) is 4.44. The molecular formula is C12H19BrN2. The summed E-state index contributed by atoms with van der Waals surface area (Å²) < 4.78 is 1.06. The summed E-state index contributed by atoms with van der Waals surface area (Å²) in [6, 6.07) is 5.96. The van der Waals surface area contributed by atoms with Gasteiger partial charge in [0.1, 0.15) is 0 Å². The van der Waals surface area contributed by atoms with E-state index in [4.69, 9.17) is 5.73 Å². The van der Waals surface area contributed by atoms with Crippen LogP contribution in [0.2, 0.25) is 0 Å². The molecule has 0 amide bonds. The molecule has 0 radical (unpaired) electrons. The van der Waals surface area contributed by atoms with Crippen molar-refractivity contribution < 1.29 is 0 Å². The monoisotopic (exact) mass is 270 g/mol. The molecule has 0 fully saturated rings. The van der Waals surface area contributed by atoms with Crippen LogP contribution >= 0.6 is 15.9 Å². The summed E-state index contributed by atoms with van der Waals surface area (Å²) >= 11 is 3.47. The van der Waals surface area contributed by atoms with Crippen LogP contribution in [0, 0.1) is 0 Å². The van der Waals surface area contributed by atoms with E-state index in [0.717, 1.165) is 22.3 Å². The van der Waals surface area contributed by atoms with Crippen LogP contribution in [0.15, 0.2) is 22.7 Å². The number of benzene rings is 1. The fraction of sp³-hybridized carbons (Fsp3) is 0.500. The number of nitrogens with zero attached hydrogens (tertiary/aromatic N) is 1. The Labute approximate surface area is 101 Å². The first-order valence-electron chi connectivity index (χ1n) is 5.17. The van der Waals surface area contributed by atoms with E-state index in [2.05, 4.69) is 54.7 Å². The average Bonchev–Trinajstić information content (AvgIpc) is 2.20. The number of nitrogen functional groups attached to an aromatic ring is 1. The van der Waals surface area contributed by atoms with Gasteiger partial charge in [0.05, 0.1) is 11.4 Å². The van der Waals surface area contributed by atoms with Crippen molar-refractivity contribution in [3.05, 3.63) is 22.7 Å². The number of rotatable bonds is 3. The summed E-state index contributed by atoms with van der Waals surface area (Å²) in [5.74, 6) is 0. The van der Waals surface area contributed by atoms with E-state index in [1.165, 1.54) is 0 Å². The average molecular weight is 271 g/mol. The van der Waals surface area contributed by atoms with Gasteiger partial charge in [0.2, 0.25) is 0 Å². The van der Waals surface area contributed by atoms with Crippen molar-refractivity contribution in [3.63, 3.8) is 0 Å². The highest BCUT2D eigenvalue weighted by atomic mass is 79.9. The lowest BCUT2D eigenvalue weighted by molar-refractivity contribution is 0.471. The molecule has 1 aromatic rings. The molecule has 0 atom stereocenters. The van der Waals surface area contributed by atoms with Crippen molar-refractivity contribution in [2.45, 2.75) is 32.7 Å². The Hall–Kier alpha value is -0.700. The highest BCUT2D eigenvalue weighted by Gasteiger charge is 2.22. The zero-order valence-corrected chi connectivity index (χ0v) is 11.4. The van der Waals surface area contributed by atoms with Crippen molar-refractivity contribution in [1.29, 1.82) is 0 Å². The van der Waals surface area contributed by atoms with E-state index in [-0.39, 0.29) is 5.54 Å².